The smallest absolute Gasteiger partial charge is 0.130 e. The molecule has 3 heteroatoms. The van der Waals surface area contributed by atoms with E-state index < -0.39 is 0 Å². The average Bonchev–Trinajstić information content (AvgIpc) is 2.09. The zero-order chi connectivity index (χ0) is 9.84. The molecule has 0 atom stereocenters. The normalized spacial score (nSPS) is 10.1. The highest BCUT2D eigenvalue weighted by atomic mass is 79.9. The van der Waals surface area contributed by atoms with Crippen LogP contribution in [0, 0.1) is 5.82 Å². The van der Waals surface area contributed by atoms with Crippen LogP contribution in [0.1, 0.15) is 12.0 Å². The fourth-order valence-corrected chi connectivity index (χ4v) is 1.44. The van der Waals surface area contributed by atoms with Gasteiger partial charge in [-0.1, -0.05) is 22.5 Å². The predicted molar refractivity (Wildman–Crippen MR) is 56.8 cm³/mol. The lowest BCUT2D eigenvalue weighted by atomic mass is 10.0. The van der Waals surface area contributed by atoms with Crippen molar-refractivity contribution >= 4 is 21.5 Å². The SMILES string of the molecule is C=C(CCN)c1cc(Br)ccc1F. The van der Waals surface area contributed by atoms with E-state index >= 15 is 0 Å². The maximum atomic E-state index is 13.2. The second-order valence-corrected chi connectivity index (χ2v) is 3.68. The van der Waals surface area contributed by atoms with Gasteiger partial charge in [-0.2, -0.15) is 0 Å². The van der Waals surface area contributed by atoms with Crippen molar-refractivity contribution in [3.63, 3.8) is 0 Å². The van der Waals surface area contributed by atoms with Crippen LogP contribution in [0.4, 0.5) is 4.39 Å². The van der Waals surface area contributed by atoms with Gasteiger partial charge in [-0.25, -0.2) is 4.39 Å². The van der Waals surface area contributed by atoms with Crippen LogP contribution in [0.2, 0.25) is 0 Å². The predicted octanol–water partition coefficient (Wildman–Crippen LogP) is 2.95. The van der Waals surface area contributed by atoms with Crippen molar-refractivity contribution < 1.29 is 4.39 Å². The molecule has 0 aliphatic heterocycles. The summed E-state index contributed by atoms with van der Waals surface area (Å²) in [6, 6.07) is 4.79. The summed E-state index contributed by atoms with van der Waals surface area (Å²) in [5, 5.41) is 0. The first kappa shape index (κ1) is 10.4. The van der Waals surface area contributed by atoms with Crippen molar-refractivity contribution in [3.8, 4) is 0 Å². The highest BCUT2D eigenvalue weighted by Gasteiger charge is 2.05. The van der Waals surface area contributed by atoms with Crippen molar-refractivity contribution in [1.82, 2.24) is 0 Å². The lowest BCUT2D eigenvalue weighted by Crippen LogP contribution is -2.00. The molecule has 13 heavy (non-hydrogen) atoms. The summed E-state index contributed by atoms with van der Waals surface area (Å²) >= 11 is 3.28. The van der Waals surface area contributed by atoms with Crippen LogP contribution >= 0.6 is 15.9 Å². The third-order valence-electron chi connectivity index (χ3n) is 1.76. The van der Waals surface area contributed by atoms with Crippen LogP contribution in [-0.2, 0) is 0 Å². The first-order chi connectivity index (χ1) is 6.15. The van der Waals surface area contributed by atoms with E-state index in [4.69, 9.17) is 5.73 Å². The Balaban J connectivity index is 2.99. The molecule has 2 N–H and O–H groups in total. The summed E-state index contributed by atoms with van der Waals surface area (Å²) in [6.45, 7) is 4.27. The van der Waals surface area contributed by atoms with E-state index in [0.29, 0.717) is 18.5 Å². The van der Waals surface area contributed by atoms with Crippen molar-refractivity contribution in [2.24, 2.45) is 5.73 Å². The highest BCUT2D eigenvalue weighted by molar-refractivity contribution is 9.10. The molecule has 0 bridgehead atoms. The van der Waals surface area contributed by atoms with Gasteiger partial charge in [0.15, 0.2) is 0 Å². The van der Waals surface area contributed by atoms with E-state index in [-0.39, 0.29) is 5.82 Å². The number of benzene rings is 1. The maximum absolute atomic E-state index is 13.2. The van der Waals surface area contributed by atoms with Gasteiger partial charge in [0, 0.05) is 10.0 Å². The van der Waals surface area contributed by atoms with Gasteiger partial charge in [0.05, 0.1) is 0 Å². The Kier molecular flexibility index (Phi) is 3.63. The molecule has 70 valence electrons. The second kappa shape index (κ2) is 4.53. The minimum Gasteiger partial charge on any atom is -0.330 e. The fraction of sp³-hybridized carbons (Fsp3) is 0.200. The van der Waals surface area contributed by atoms with Gasteiger partial charge in [-0.15, -0.1) is 0 Å². The van der Waals surface area contributed by atoms with Crippen molar-refractivity contribution in [2.45, 2.75) is 6.42 Å². The van der Waals surface area contributed by atoms with E-state index in [0.717, 1.165) is 10.0 Å². The summed E-state index contributed by atoms with van der Waals surface area (Å²) in [5.41, 5.74) is 6.64. The zero-order valence-electron chi connectivity index (χ0n) is 7.19. The van der Waals surface area contributed by atoms with Crippen molar-refractivity contribution in [3.05, 3.63) is 40.6 Å². The van der Waals surface area contributed by atoms with E-state index in [2.05, 4.69) is 22.5 Å². The zero-order valence-corrected chi connectivity index (χ0v) is 8.77. The summed E-state index contributed by atoms with van der Waals surface area (Å²) in [5.74, 6) is -0.248. The Morgan fingerprint density at radius 3 is 2.85 bits per heavy atom. The van der Waals surface area contributed by atoms with Crippen molar-refractivity contribution in [2.75, 3.05) is 6.54 Å². The molecule has 0 aliphatic carbocycles. The molecule has 0 radical (unpaired) electrons. The number of rotatable bonds is 3. The fourth-order valence-electron chi connectivity index (χ4n) is 1.08. The molecule has 0 amide bonds. The molecule has 1 aromatic rings. The standard InChI is InChI=1S/C10H11BrFN/c1-7(4-5-13)9-6-8(11)2-3-10(9)12/h2-3,6H,1,4-5,13H2. The third kappa shape index (κ3) is 2.64. The number of hydrogen-bond acceptors (Lipinski definition) is 1. The van der Waals surface area contributed by atoms with Gasteiger partial charge in [-0.3, -0.25) is 0 Å². The monoisotopic (exact) mass is 243 g/mol. The lowest BCUT2D eigenvalue weighted by Gasteiger charge is -2.05. The Morgan fingerprint density at radius 1 is 1.54 bits per heavy atom. The van der Waals surface area contributed by atoms with Gasteiger partial charge in [0.25, 0.3) is 0 Å². The van der Waals surface area contributed by atoms with E-state index in [1.54, 1.807) is 12.1 Å². The average molecular weight is 244 g/mol. The summed E-state index contributed by atoms with van der Waals surface area (Å²) < 4.78 is 14.1. The molecule has 0 spiro atoms. The number of hydrogen-bond donors (Lipinski definition) is 1. The Hall–Kier alpha value is -0.670. The summed E-state index contributed by atoms with van der Waals surface area (Å²) in [7, 11) is 0. The molecule has 0 aromatic heterocycles. The minimum atomic E-state index is -0.248. The highest BCUT2D eigenvalue weighted by Crippen LogP contribution is 2.22. The number of nitrogens with two attached hydrogens (primary N) is 1. The molecule has 1 aromatic carbocycles. The molecule has 0 saturated carbocycles. The topological polar surface area (TPSA) is 26.0 Å². The molecule has 1 nitrogen and oxygen atoms in total. The number of halogens is 2. The molecule has 0 unspecified atom stereocenters. The molecule has 0 heterocycles. The Morgan fingerprint density at radius 2 is 2.23 bits per heavy atom. The van der Waals surface area contributed by atoms with E-state index in [9.17, 15) is 4.39 Å². The third-order valence-corrected chi connectivity index (χ3v) is 2.25. The molecule has 1 rings (SSSR count). The lowest BCUT2D eigenvalue weighted by molar-refractivity contribution is 0.623. The quantitative estimate of drug-likeness (QED) is 0.869. The van der Waals surface area contributed by atoms with Gasteiger partial charge in [0.1, 0.15) is 5.82 Å². The molecule has 0 aliphatic rings. The maximum Gasteiger partial charge on any atom is 0.130 e. The van der Waals surface area contributed by atoms with Gasteiger partial charge in [-0.05, 0) is 36.7 Å². The summed E-state index contributed by atoms with van der Waals surface area (Å²) in [6.07, 6.45) is 0.618. The van der Waals surface area contributed by atoms with E-state index in [1.165, 1.54) is 6.07 Å². The van der Waals surface area contributed by atoms with Crippen LogP contribution in [0.25, 0.3) is 5.57 Å². The van der Waals surface area contributed by atoms with Crippen LogP contribution < -0.4 is 5.73 Å². The first-order valence-corrected chi connectivity index (χ1v) is 4.77. The van der Waals surface area contributed by atoms with E-state index in [1.807, 2.05) is 0 Å². The summed E-state index contributed by atoms with van der Waals surface area (Å²) in [4.78, 5) is 0. The van der Waals surface area contributed by atoms with Crippen molar-refractivity contribution in [1.29, 1.82) is 0 Å². The van der Waals surface area contributed by atoms with Gasteiger partial charge >= 0.3 is 0 Å². The Bertz CT molecular complexity index is 323. The van der Waals surface area contributed by atoms with Gasteiger partial charge in [0.2, 0.25) is 0 Å². The van der Waals surface area contributed by atoms with Crippen LogP contribution in [0.3, 0.4) is 0 Å². The Labute approximate surface area is 85.6 Å². The molecule has 0 saturated heterocycles. The van der Waals surface area contributed by atoms with Crippen LogP contribution in [-0.4, -0.2) is 6.54 Å². The largest absolute Gasteiger partial charge is 0.330 e. The molecular weight excluding hydrogens is 233 g/mol. The van der Waals surface area contributed by atoms with Crippen LogP contribution in [0.5, 0.6) is 0 Å². The molecule has 0 fully saturated rings. The molecular formula is C10H11BrFN. The first-order valence-electron chi connectivity index (χ1n) is 3.98. The van der Waals surface area contributed by atoms with Crippen LogP contribution in [0.15, 0.2) is 29.3 Å². The van der Waals surface area contributed by atoms with Gasteiger partial charge < -0.3 is 5.73 Å². The minimum absolute atomic E-state index is 0.248. The second-order valence-electron chi connectivity index (χ2n) is 2.77.